The zero-order valence-electron chi connectivity index (χ0n) is 17.2. The highest BCUT2D eigenvalue weighted by atomic mass is 35.5. The van der Waals surface area contributed by atoms with Crippen LogP contribution in [0.3, 0.4) is 0 Å². The lowest BCUT2D eigenvalue weighted by Gasteiger charge is -2.36. The molecule has 0 spiro atoms. The fourth-order valence-electron chi connectivity index (χ4n) is 3.58. The zero-order valence-corrected chi connectivity index (χ0v) is 18.0. The second-order valence-electron chi connectivity index (χ2n) is 7.29. The van der Waals surface area contributed by atoms with Crippen LogP contribution in [0.15, 0.2) is 39.9 Å². The van der Waals surface area contributed by atoms with Crippen LogP contribution in [0.5, 0.6) is 5.75 Å². The molecule has 172 valence electrons. The first-order chi connectivity index (χ1) is 14.2. The SMILES string of the molecule is Cc1cc(=O)[nH]c(=O)n1CCCN1CCN(c2ccccc2OCC(F)(F)F)CC1.Cl. The molecule has 0 atom stereocenters. The van der Waals surface area contributed by atoms with Gasteiger partial charge in [0.15, 0.2) is 6.61 Å². The Morgan fingerprint density at radius 2 is 1.74 bits per heavy atom. The Morgan fingerprint density at radius 1 is 1.06 bits per heavy atom. The van der Waals surface area contributed by atoms with Gasteiger partial charge >= 0.3 is 11.9 Å². The van der Waals surface area contributed by atoms with Crippen LogP contribution in [0, 0.1) is 6.92 Å². The van der Waals surface area contributed by atoms with E-state index in [1.165, 1.54) is 6.07 Å². The largest absolute Gasteiger partial charge is 0.482 e. The fourth-order valence-corrected chi connectivity index (χ4v) is 3.58. The molecule has 2 aromatic rings. The lowest BCUT2D eigenvalue weighted by molar-refractivity contribution is -0.153. The Balaban J connectivity index is 0.00000341. The third-order valence-corrected chi connectivity index (χ3v) is 5.07. The molecule has 1 aliphatic rings. The summed E-state index contributed by atoms with van der Waals surface area (Å²) >= 11 is 0. The summed E-state index contributed by atoms with van der Waals surface area (Å²) in [5.41, 5.74) is 0.491. The molecule has 0 unspecified atom stereocenters. The number of hydrogen-bond acceptors (Lipinski definition) is 5. The van der Waals surface area contributed by atoms with Crippen LogP contribution >= 0.6 is 12.4 Å². The minimum atomic E-state index is -4.38. The Hall–Kier alpha value is -2.46. The third kappa shape index (κ3) is 7.03. The van der Waals surface area contributed by atoms with Gasteiger partial charge in [0.2, 0.25) is 0 Å². The van der Waals surface area contributed by atoms with Crippen LogP contribution in [0.1, 0.15) is 12.1 Å². The number of aromatic nitrogens is 2. The van der Waals surface area contributed by atoms with E-state index < -0.39 is 24.0 Å². The average molecular weight is 463 g/mol. The van der Waals surface area contributed by atoms with Crippen molar-refractivity contribution >= 4 is 18.1 Å². The molecule has 1 fully saturated rings. The summed E-state index contributed by atoms with van der Waals surface area (Å²) < 4.78 is 44.0. The van der Waals surface area contributed by atoms with Crippen molar-refractivity contribution in [2.75, 3.05) is 44.2 Å². The standard InChI is InChI=1S/C20H25F3N4O3.ClH/c1-15-13-18(28)24-19(29)27(15)8-4-7-25-9-11-26(12-10-25)16-5-2-3-6-17(16)30-14-20(21,22)23;/h2-3,5-6,13H,4,7-12,14H2,1H3,(H,24,28,29);1H. The van der Waals surface area contributed by atoms with Gasteiger partial charge in [-0.15, -0.1) is 12.4 Å². The number of anilines is 1. The molecule has 0 radical (unpaired) electrons. The zero-order chi connectivity index (χ0) is 21.7. The summed E-state index contributed by atoms with van der Waals surface area (Å²) in [6.45, 7) is 4.57. The van der Waals surface area contributed by atoms with Crippen LogP contribution in [0.4, 0.5) is 18.9 Å². The number of alkyl halides is 3. The highest BCUT2D eigenvalue weighted by molar-refractivity contribution is 5.85. The lowest BCUT2D eigenvalue weighted by atomic mass is 10.2. The summed E-state index contributed by atoms with van der Waals surface area (Å²) in [5, 5.41) is 0. The average Bonchev–Trinajstić information content (AvgIpc) is 2.68. The van der Waals surface area contributed by atoms with Crippen molar-refractivity contribution in [3.05, 3.63) is 56.9 Å². The summed E-state index contributed by atoms with van der Waals surface area (Å²) in [7, 11) is 0. The number of aromatic amines is 1. The van der Waals surface area contributed by atoms with Crippen LogP contribution in [0.2, 0.25) is 0 Å². The van der Waals surface area contributed by atoms with Crippen molar-refractivity contribution in [3.63, 3.8) is 0 Å². The summed E-state index contributed by atoms with van der Waals surface area (Å²) in [6.07, 6.45) is -3.63. The van der Waals surface area contributed by atoms with Gasteiger partial charge in [0.05, 0.1) is 5.69 Å². The van der Waals surface area contributed by atoms with Gasteiger partial charge in [0.1, 0.15) is 5.75 Å². The van der Waals surface area contributed by atoms with Crippen LogP contribution in [-0.4, -0.2) is 60.0 Å². The predicted octanol–water partition coefficient (Wildman–Crippen LogP) is 2.42. The van der Waals surface area contributed by atoms with E-state index in [0.29, 0.717) is 31.0 Å². The molecule has 7 nitrogen and oxygen atoms in total. The molecule has 1 saturated heterocycles. The first-order valence-electron chi connectivity index (χ1n) is 9.79. The smallest absolute Gasteiger partial charge is 0.422 e. The number of para-hydroxylation sites is 2. The molecular formula is C20H26ClF3N4O3. The van der Waals surface area contributed by atoms with Crippen LogP contribution < -0.4 is 20.9 Å². The molecule has 1 N–H and O–H groups in total. The molecule has 0 saturated carbocycles. The van der Waals surface area contributed by atoms with Crippen molar-refractivity contribution in [2.24, 2.45) is 0 Å². The topological polar surface area (TPSA) is 70.6 Å². The van der Waals surface area contributed by atoms with Gasteiger partial charge in [-0.1, -0.05) is 12.1 Å². The number of piperazine rings is 1. The summed E-state index contributed by atoms with van der Waals surface area (Å²) in [6, 6.07) is 8.17. The fraction of sp³-hybridized carbons (Fsp3) is 0.500. The summed E-state index contributed by atoms with van der Waals surface area (Å²) in [5.74, 6) is 0.233. The van der Waals surface area contributed by atoms with E-state index >= 15 is 0 Å². The normalized spacial score (nSPS) is 14.9. The monoisotopic (exact) mass is 462 g/mol. The van der Waals surface area contributed by atoms with E-state index in [1.54, 1.807) is 35.8 Å². The van der Waals surface area contributed by atoms with E-state index in [2.05, 4.69) is 9.88 Å². The minimum absolute atomic E-state index is 0. The first-order valence-corrected chi connectivity index (χ1v) is 9.79. The first kappa shape index (κ1) is 24.8. The molecule has 0 amide bonds. The van der Waals surface area contributed by atoms with Crippen LogP contribution in [0.25, 0.3) is 0 Å². The van der Waals surface area contributed by atoms with Crippen molar-refractivity contribution in [1.82, 2.24) is 14.5 Å². The van der Waals surface area contributed by atoms with Gasteiger partial charge < -0.3 is 9.64 Å². The van der Waals surface area contributed by atoms with E-state index in [9.17, 15) is 22.8 Å². The molecule has 0 bridgehead atoms. The number of rotatable bonds is 7. The van der Waals surface area contributed by atoms with Crippen molar-refractivity contribution < 1.29 is 17.9 Å². The predicted molar refractivity (Wildman–Crippen MR) is 115 cm³/mol. The number of ether oxygens (including phenoxy) is 1. The minimum Gasteiger partial charge on any atom is -0.482 e. The molecular weight excluding hydrogens is 437 g/mol. The van der Waals surface area contributed by atoms with Crippen molar-refractivity contribution in [3.8, 4) is 5.75 Å². The number of H-pyrrole nitrogens is 1. The Labute approximate surface area is 183 Å². The Bertz CT molecular complexity index is 969. The highest BCUT2D eigenvalue weighted by Crippen LogP contribution is 2.30. The maximum Gasteiger partial charge on any atom is 0.422 e. The number of nitrogens with zero attached hydrogens (tertiary/aromatic N) is 3. The second kappa shape index (κ2) is 10.7. The Morgan fingerprint density at radius 3 is 2.39 bits per heavy atom. The van der Waals surface area contributed by atoms with E-state index in [1.807, 2.05) is 4.90 Å². The molecule has 0 aliphatic carbocycles. The number of halogens is 4. The van der Waals surface area contributed by atoms with Gasteiger partial charge in [-0.25, -0.2) is 4.79 Å². The molecule has 1 aromatic heterocycles. The second-order valence-corrected chi connectivity index (χ2v) is 7.29. The van der Waals surface area contributed by atoms with Gasteiger partial charge in [-0.05, 0) is 32.0 Å². The molecule has 31 heavy (non-hydrogen) atoms. The highest BCUT2D eigenvalue weighted by Gasteiger charge is 2.29. The number of nitrogens with one attached hydrogen (secondary N) is 1. The van der Waals surface area contributed by atoms with Gasteiger partial charge in [-0.2, -0.15) is 13.2 Å². The van der Waals surface area contributed by atoms with Crippen molar-refractivity contribution in [2.45, 2.75) is 26.1 Å². The molecule has 11 heteroatoms. The number of benzene rings is 1. The van der Waals surface area contributed by atoms with Gasteiger partial charge in [-0.3, -0.25) is 19.2 Å². The maximum absolute atomic E-state index is 12.5. The van der Waals surface area contributed by atoms with Gasteiger partial charge in [0.25, 0.3) is 5.56 Å². The van der Waals surface area contributed by atoms with Crippen molar-refractivity contribution in [1.29, 1.82) is 0 Å². The van der Waals surface area contributed by atoms with E-state index in [-0.39, 0.29) is 18.2 Å². The maximum atomic E-state index is 12.5. The van der Waals surface area contributed by atoms with Gasteiger partial charge in [0, 0.05) is 44.5 Å². The quantitative estimate of drug-likeness (QED) is 0.684. The number of hydrogen-bond donors (Lipinski definition) is 1. The van der Waals surface area contributed by atoms with E-state index in [0.717, 1.165) is 26.1 Å². The lowest BCUT2D eigenvalue weighted by Crippen LogP contribution is -2.47. The molecule has 1 aromatic carbocycles. The molecule has 2 heterocycles. The Kier molecular flexibility index (Phi) is 8.58. The third-order valence-electron chi connectivity index (χ3n) is 5.07. The van der Waals surface area contributed by atoms with Crippen LogP contribution in [-0.2, 0) is 6.54 Å². The number of aryl methyl sites for hydroxylation is 1. The molecule has 1 aliphatic heterocycles. The van der Waals surface area contributed by atoms with E-state index in [4.69, 9.17) is 4.74 Å². The summed E-state index contributed by atoms with van der Waals surface area (Å²) in [4.78, 5) is 29.7. The molecule has 3 rings (SSSR count).